The van der Waals surface area contributed by atoms with Gasteiger partial charge in [-0.25, -0.2) is 0 Å². The fourth-order valence-corrected chi connectivity index (χ4v) is 2.43. The molecule has 0 radical (unpaired) electrons. The number of pyridine rings is 1. The fraction of sp³-hybridized carbons (Fsp3) is 0.222. The minimum Gasteiger partial charge on any atom is -0.360 e. The molecule has 1 amide bonds. The van der Waals surface area contributed by atoms with Crippen LogP contribution >= 0.6 is 0 Å². The largest absolute Gasteiger partial charge is 0.360 e. The molecule has 4 heteroatoms. The Morgan fingerprint density at radius 1 is 1.27 bits per heavy atom. The lowest BCUT2D eigenvalue weighted by molar-refractivity contribution is -0.118. The van der Waals surface area contributed by atoms with Crippen molar-refractivity contribution in [3.8, 4) is 11.3 Å². The summed E-state index contributed by atoms with van der Waals surface area (Å²) in [5.41, 5.74) is 4.78. The van der Waals surface area contributed by atoms with E-state index >= 15 is 0 Å². The van der Waals surface area contributed by atoms with Crippen molar-refractivity contribution in [1.29, 1.82) is 0 Å². The molecule has 0 atom stereocenters. The molecule has 2 heterocycles. The molecule has 3 aromatic rings. The highest BCUT2D eigenvalue weighted by atomic mass is 16.1. The third kappa shape index (κ3) is 2.60. The number of aromatic amines is 1. The van der Waals surface area contributed by atoms with Gasteiger partial charge in [0.1, 0.15) is 0 Å². The number of carbonyl (C=O) groups excluding carboxylic acids is 1. The van der Waals surface area contributed by atoms with Gasteiger partial charge in [0, 0.05) is 34.8 Å². The number of rotatable bonds is 3. The molecule has 0 fully saturated rings. The molecule has 3 rings (SSSR count). The number of anilines is 1. The predicted molar refractivity (Wildman–Crippen MR) is 89.7 cm³/mol. The topological polar surface area (TPSA) is 57.8 Å². The molecule has 2 aromatic heterocycles. The molecule has 0 spiro atoms. The van der Waals surface area contributed by atoms with Crippen molar-refractivity contribution < 1.29 is 4.79 Å². The van der Waals surface area contributed by atoms with Gasteiger partial charge in [0.15, 0.2) is 0 Å². The summed E-state index contributed by atoms with van der Waals surface area (Å²) in [6, 6.07) is 9.98. The van der Waals surface area contributed by atoms with Gasteiger partial charge in [0.05, 0.1) is 11.4 Å². The van der Waals surface area contributed by atoms with E-state index < -0.39 is 0 Å². The maximum atomic E-state index is 12.0. The number of amides is 1. The van der Waals surface area contributed by atoms with E-state index in [9.17, 15) is 4.79 Å². The highest BCUT2D eigenvalue weighted by Crippen LogP contribution is 2.32. The smallest absolute Gasteiger partial charge is 0.226 e. The zero-order valence-corrected chi connectivity index (χ0v) is 13.0. The van der Waals surface area contributed by atoms with Gasteiger partial charge in [0.25, 0.3) is 0 Å². The molecule has 0 saturated heterocycles. The number of nitrogens with zero attached hydrogens (tertiary/aromatic N) is 1. The van der Waals surface area contributed by atoms with Crippen LogP contribution in [0.3, 0.4) is 0 Å². The fourth-order valence-electron chi connectivity index (χ4n) is 2.43. The summed E-state index contributed by atoms with van der Waals surface area (Å²) in [7, 11) is 0. The Bertz CT molecular complexity index is 833. The van der Waals surface area contributed by atoms with Crippen LogP contribution in [0.1, 0.15) is 19.4 Å². The Kier molecular flexibility index (Phi) is 3.67. The number of aryl methyl sites for hydroxylation is 1. The van der Waals surface area contributed by atoms with E-state index in [0.717, 1.165) is 27.8 Å². The second-order valence-corrected chi connectivity index (χ2v) is 5.79. The van der Waals surface area contributed by atoms with Gasteiger partial charge < -0.3 is 10.3 Å². The van der Waals surface area contributed by atoms with Crippen LogP contribution in [0.2, 0.25) is 0 Å². The van der Waals surface area contributed by atoms with E-state index in [-0.39, 0.29) is 11.8 Å². The Morgan fingerprint density at radius 2 is 2.09 bits per heavy atom. The number of benzene rings is 1. The van der Waals surface area contributed by atoms with Gasteiger partial charge in [-0.3, -0.25) is 9.78 Å². The molecule has 112 valence electrons. The first-order valence-corrected chi connectivity index (χ1v) is 7.40. The summed E-state index contributed by atoms with van der Waals surface area (Å²) in [6.45, 7) is 5.82. The number of nitrogens with one attached hydrogen (secondary N) is 2. The van der Waals surface area contributed by atoms with E-state index in [1.165, 1.54) is 5.56 Å². The first-order chi connectivity index (χ1) is 10.6. The molecular weight excluding hydrogens is 274 g/mol. The van der Waals surface area contributed by atoms with E-state index in [2.05, 4.69) is 40.4 Å². The number of aromatic nitrogens is 2. The van der Waals surface area contributed by atoms with Crippen LogP contribution < -0.4 is 5.32 Å². The van der Waals surface area contributed by atoms with Gasteiger partial charge in [-0.05, 0) is 31.2 Å². The summed E-state index contributed by atoms with van der Waals surface area (Å²) < 4.78 is 0. The summed E-state index contributed by atoms with van der Waals surface area (Å²) in [5, 5.41) is 4.07. The lowest BCUT2D eigenvalue weighted by atomic mass is 10.1. The van der Waals surface area contributed by atoms with Crippen molar-refractivity contribution in [2.45, 2.75) is 20.8 Å². The summed E-state index contributed by atoms with van der Waals surface area (Å²) in [6.07, 6.45) is 3.69. The van der Waals surface area contributed by atoms with Crippen molar-refractivity contribution in [2.75, 3.05) is 5.32 Å². The number of fused-ring (bicyclic) bond motifs is 1. The second kappa shape index (κ2) is 5.64. The quantitative estimate of drug-likeness (QED) is 0.762. The predicted octanol–water partition coefficient (Wildman–Crippen LogP) is 4.13. The van der Waals surface area contributed by atoms with Crippen molar-refractivity contribution in [3.63, 3.8) is 0 Å². The zero-order valence-electron chi connectivity index (χ0n) is 13.0. The maximum absolute atomic E-state index is 12.0. The van der Waals surface area contributed by atoms with Crippen LogP contribution in [0.4, 0.5) is 5.69 Å². The molecule has 0 bridgehead atoms. The Labute approximate surface area is 129 Å². The second-order valence-electron chi connectivity index (χ2n) is 5.79. The van der Waals surface area contributed by atoms with Gasteiger partial charge in [-0.1, -0.05) is 25.5 Å². The average molecular weight is 293 g/mol. The van der Waals surface area contributed by atoms with Crippen molar-refractivity contribution in [2.24, 2.45) is 5.92 Å². The van der Waals surface area contributed by atoms with Crippen LogP contribution in [0.25, 0.3) is 22.2 Å². The summed E-state index contributed by atoms with van der Waals surface area (Å²) in [4.78, 5) is 19.7. The van der Waals surface area contributed by atoms with Gasteiger partial charge >= 0.3 is 0 Å². The Hall–Kier alpha value is -2.62. The van der Waals surface area contributed by atoms with Crippen LogP contribution in [0.5, 0.6) is 0 Å². The zero-order chi connectivity index (χ0) is 15.7. The summed E-state index contributed by atoms with van der Waals surface area (Å²) >= 11 is 0. The standard InChI is InChI=1S/C18H19N3O/c1-11(2)18(22)21-16-5-4-8-19-17(16)14-10-20-15-7-6-12(3)9-13(14)15/h4-11,20H,1-3H3,(H,21,22). The SMILES string of the molecule is Cc1ccc2[nH]cc(-c3ncccc3NC(=O)C(C)C)c2c1. The number of H-pyrrole nitrogens is 1. The molecule has 0 unspecified atom stereocenters. The van der Waals surface area contributed by atoms with Crippen LogP contribution in [0.15, 0.2) is 42.7 Å². The van der Waals surface area contributed by atoms with E-state index in [1.807, 2.05) is 32.2 Å². The highest BCUT2D eigenvalue weighted by molar-refractivity contribution is 6.01. The average Bonchev–Trinajstić information content (AvgIpc) is 2.90. The van der Waals surface area contributed by atoms with E-state index in [1.54, 1.807) is 6.20 Å². The Morgan fingerprint density at radius 3 is 2.86 bits per heavy atom. The van der Waals surface area contributed by atoms with Gasteiger partial charge in [-0.2, -0.15) is 0 Å². The monoisotopic (exact) mass is 293 g/mol. The first-order valence-electron chi connectivity index (χ1n) is 7.40. The molecule has 1 aromatic carbocycles. The first kappa shape index (κ1) is 14.3. The molecule has 0 saturated carbocycles. The molecule has 4 nitrogen and oxygen atoms in total. The molecule has 22 heavy (non-hydrogen) atoms. The molecular formula is C18H19N3O. The third-order valence-electron chi connectivity index (χ3n) is 3.68. The van der Waals surface area contributed by atoms with Crippen LogP contribution in [0, 0.1) is 12.8 Å². The van der Waals surface area contributed by atoms with Crippen molar-refractivity contribution in [1.82, 2.24) is 9.97 Å². The van der Waals surface area contributed by atoms with Crippen LogP contribution in [-0.2, 0) is 4.79 Å². The lowest BCUT2D eigenvalue weighted by Crippen LogP contribution is -2.18. The Balaban J connectivity index is 2.11. The third-order valence-corrected chi connectivity index (χ3v) is 3.68. The minimum absolute atomic E-state index is 0.00901. The molecule has 0 aliphatic heterocycles. The lowest BCUT2D eigenvalue weighted by Gasteiger charge is -2.11. The maximum Gasteiger partial charge on any atom is 0.226 e. The number of hydrogen-bond donors (Lipinski definition) is 2. The van der Waals surface area contributed by atoms with Gasteiger partial charge in [-0.15, -0.1) is 0 Å². The number of carbonyl (C=O) groups is 1. The normalized spacial score (nSPS) is 11.1. The molecule has 0 aliphatic carbocycles. The van der Waals surface area contributed by atoms with E-state index in [4.69, 9.17) is 0 Å². The molecule has 2 N–H and O–H groups in total. The van der Waals surface area contributed by atoms with Crippen molar-refractivity contribution in [3.05, 3.63) is 48.3 Å². The minimum atomic E-state index is -0.0710. The highest BCUT2D eigenvalue weighted by Gasteiger charge is 2.15. The van der Waals surface area contributed by atoms with Gasteiger partial charge in [0.2, 0.25) is 5.91 Å². The van der Waals surface area contributed by atoms with Crippen molar-refractivity contribution >= 4 is 22.5 Å². The number of hydrogen-bond acceptors (Lipinski definition) is 2. The summed E-state index contributed by atoms with van der Waals surface area (Å²) in [5.74, 6) is -0.0801. The van der Waals surface area contributed by atoms with E-state index in [0.29, 0.717) is 0 Å². The molecule has 0 aliphatic rings. The van der Waals surface area contributed by atoms with Crippen LogP contribution in [-0.4, -0.2) is 15.9 Å².